The summed E-state index contributed by atoms with van der Waals surface area (Å²) in [5, 5.41) is 8.53. The van der Waals surface area contributed by atoms with Gasteiger partial charge in [0.1, 0.15) is 5.82 Å². The first kappa shape index (κ1) is 18.7. The van der Waals surface area contributed by atoms with Gasteiger partial charge in [-0.2, -0.15) is 0 Å². The fourth-order valence-corrected chi connectivity index (χ4v) is 5.33. The van der Waals surface area contributed by atoms with Gasteiger partial charge in [0.15, 0.2) is 0 Å². The number of hydrogen-bond donors (Lipinski definition) is 1. The molecule has 27 heavy (non-hydrogen) atoms. The Labute approximate surface area is 162 Å². The van der Waals surface area contributed by atoms with E-state index in [1.54, 1.807) is 6.07 Å². The molecule has 1 aliphatic carbocycles. The lowest BCUT2D eigenvalue weighted by Crippen LogP contribution is -2.43. The topological polar surface area (TPSA) is 32.0 Å². The SMILES string of the molecule is CC(C)C1CCC(N2CCC(n3cc(C=N)c4cc(F)ccc43)CC2)CC1. The number of piperidine rings is 1. The summed E-state index contributed by atoms with van der Waals surface area (Å²) in [6, 6.07) is 6.20. The van der Waals surface area contributed by atoms with Gasteiger partial charge in [0.05, 0.1) is 0 Å². The molecule has 2 heterocycles. The average molecular weight is 370 g/mol. The van der Waals surface area contributed by atoms with Gasteiger partial charge >= 0.3 is 0 Å². The molecule has 1 saturated carbocycles. The summed E-state index contributed by atoms with van der Waals surface area (Å²) in [5.41, 5.74) is 1.88. The van der Waals surface area contributed by atoms with Crippen LogP contribution in [0.2, 0.25) is 0 Å². The van der Waals surface area contributed by atoms with Gasteiger partial charge in [-0.05, 0) is 68.6 Å². The Bertz CT molecular complexity index is 793. The molecule has 2 fully saturated rings. The van der Waals surface area contributed by atoms with Crippen LogP contribution in [0, 0.1) is 23.1 Å². The van der Waals surface area contributed by atoms with Crippen molar-refractivity contribution in [3.8, 4) is 0 Å². The van der Waals surface area contributed by atoms with E-state index >= 15 is 0 Å². The molecule has 4 heteroatoms. The van der Waals surface area contributed by atoms with Gasteiger partial charge in [0.25, 0.3) is 0 Å². The van der Waals surface area contributed by atoms with Crippen LogP contribution in [0.5, 0.6) is 0 Å². The van der Waals surface area contributed by atoms with Gasteiger partial charge in [-0.15, -0.1) is 0 Å². The fraction of sp³-hybridized carbons (Fsp3) is 0.609. The maximum Gasteiger partial charge on any atom is 0.123 e. The molecule has 2 aromatic rings. The van der Waals surface area contributed by atoms with E-state index in [1.165, 1.54) is 38.0 Å². The van der Waals surface area contributed by atoms with E-state index < -0.39 is 0 Å². The first-order chi connectivity index (χ1) is 13.1. The quantitative estimate of drug-likeness (QED) is 0.696. The number of hydrogen-bond acceptors (Lipinski definition) is 2. The summed E-state index contributed by atoms with van der Waals surface area (Å²) in [6.07, 6.45) is 11.2. The number of halogens is 1. The molecule has 0 bridgehead atoms. The number of rotatable bonds is 4. The molecule has 146 valence electrons. The van der Waals surface area contributed by atoms with Crippen molar-refractivity contribution in [3.63, 3.8) is 0 Å². The molecule has 1 saturated heterocycles. The number of aromatic nitrogens is 1. The van der Waals surface area contributed by atoms with Crippen LogP contribution >= 0.6 is 0 Å². The summed E-state index contributed by atoms with van der Waals surface area (Å²) >= 11 is 0. The third-order valence-electron chi connectivity index (χ3n) is 7.07. The zero-order chi connectivity index (χ0) is 19.0. The largest absolute Gasteiger partial charge is 0.344 e. The number of nitrogens with one attached hydrogen (secondary N) is 1. The van der Waals surface area contributed by atoms with Crippen molar-refractivity contribution in [2.75, 3.05) is 13.1 Å². The van der Waals surface area contributed by atoms with E-state index in [4.69, 9.17) is 5.41 Å². The second-order valence-electron chi connectivity index (χ2n) is 8.88. The summed E-state index contributed by atoms with van der Waals surface area (Å²) in [7, 11) is 0. The summed E-state index contributed by atoms with van der Waals surface area (Å²) in [4.78, 5) is 2.72. The van der Waals surface area contributed by atoms with Gasteiger partial charge in [0.2, 0.25) is 0 Å². The highest BCUT2D eigenvalue weighted by Crippen LogP contribution is 2.35. The highest BCUT2D eigenvalue weighted by Gasteiger charge is 2.30. The van der Waals surface area contributed by atoms with E-state index in [-0.39, 0.29) is 5.82 Å². The minimum atomic E-state index is -0.227. The molecule has 1 aliphatic heterocycles. The first-order valence-electron chi connectivity index (χ1n) is 10.6. The average Bonchev–Trinajstić information content (AvgIpc) is 3.06. The van der Waals surface area contributed by atoms with Crippen molar-refractivity contribution in [1.82, 2.24) is 9.47 Å². The van der Waals surface area contributed by atoms with Crippen LogP contribution in [0.15, 0.2) is 24.4 Å². The van der Waals surface area contributed by atoms with Crippen molar-refractivity contribution < 1.29 is 4.39 Å². The van der Waals surface area contributed by atoms with Gasteiger partial charge in [0, 0.05) is 54.1 Å². The van der Waals surface area contributed by atoms with Crippen molar-refractivity contribution in [1.29, 1.82) is 5.41 Å². The monoisotopic (exact) mass is 369 g/mol. The Balaban J connectivity index is 1.43. The van der Waals surface area contributed by atoms with Gasteiger partial charge < -0.3 is 14.9 Å². The van der Waals surface area contributed by atoms with Gasteiger partial charge in [-0.1, -0.05) is 13.8 Å². The lowest BCUT2D eigenvalue weighted by Gasteiger charge is -2.42. The summed E-state index contributed by atoms with van der Waals surface area (Å²) < 4.78 is 15.9. The van der Waals surface area contributed by atoms with Crippen LogP contribution in [0.1, 0.15) is 64.0 Å². The minimum Gasteiger partial charge on any atom is -0.344 e. The predicted octanol–water partition coefficient (Wildman–Crippen LogP) is 5.63. The zero-order valence-electron chi connectivity index (χ0n) is 16.6. The summed E-state index contributed by atoms with van der Waals surface area (Å²) in [5.74, 6) is 1.52. The molecule has 0 spiro atoms. The van der Waals surface area contributed by atoms with Crippen molar-refractivity contribution >= 4 is 17.1 Å². The Kier molecular flexibility index (Phi) is 5.36. The van der Waals surface area contributed by atoms with Crippen LogP contribution in [-0.4, -0.2) is 34.8 Å². The van der Waals surface area contributed by atoms with Crippen molar-refractivity contribution in [2.24, 2.45) is 11.8 Å². The Morgan fingerprint density at radius 3 is 2.37 bits per heavy atom. The van der Waals surface area contributed by atoms with Crippen LogP contribution < -0.4 is 0 Å². The second-order valence-corrected chi connectivity index (χ2v) is 8.88. The van der Waals surface area contributed by atoms with E-state index in [0.29, 0.717) is 6.04 Å². The third-order valence-corrected chi connectivity index (χ3v) is 7.07. The molecule has 1 N–H and O–H groups in total. The van der Waals surface area contributed by atoms with Crippen LogP contribution in [-0.2, 0) is 0 Å². The van der Waals surface area contributed by atoms with Gasteiger partial charge in [-0.25, -0.2) is 4.39 Å². The predicted molar refractivity (Wildman–Crippen MR) is 110 cm³/mol. The number of nitrogens with zero attached hydrogens (tertiary/aromatic N) is 2. The fourth-order valence-electron chi connectivity index (χ4n) is 5.33. The zero-order valence-corrected chi connectivity index (χ0v) is 16.6. The minimum absolute atomic E-state index is 0.227. The third kappa shape index (κ3) is 3.69. The van der Waals surface area contributed by atoms with Gasteiger partial charge in [-0.3, -0.25) is 0 Å². The molecule has 3 nitrogen and oxygen atoms in total. The highest BCUT2D eigenvalue weighted by molar-refractivity contribution is 5.98. The smallest absolute Gasteiger partial charge is 0.123 e. The van der Waals surface area contributed by atoms with Crippen molar-refractivity contribution in [3.05, 3.63) is 35.8 Å². The molecule has 4 rings (SSSR count). The Morgan fingerprint density at radius 2 is 1.74 bits per heavy atom. The molecule has 2 aliphatic rings. The molecule has 0 unspecified atom stereocenters. The highest BCUT2D eigenvalue weighted by atomic mass is 19.1. The van der Waals surface area contributed by atoms with Crippen molar-refractivity contribution in [2.45, 2.75) is 64.5 Å². The standard InChI is InChI=1S/C23H32FN3/c1-16(2)17-3-6-20(7-4-17)26-11-9-21(10-12-26)27-15-18(14-25)22-13-19(24)5-8-23(22)27/h5,8,13-17,20-21,25H,3-4,6-7,9-12H2,1-2H3. The van der Waals surface area contributed by atoms with Crippen LogP contribution in [0.25, 0.3) is 10.9 Å². The Hall–Kier alpha value is -1.68. The molecule has 1 aromatic carbocycles. The number of fused-ring (bicyclic) bond motifs is 1. The number of likely N-dealkylation sites (tertiary alicyclic amines) is 1. The first-order valence-corrected chi connectivity index (χ1v) is 10.6. The molecule has 0 amide bonds. The van der Waals surface area contributed by atoms with E-state index in [9.17, 15) is 4.39 Å². The number of benzene rings is 1. The molecule has 1 aromatic heterocycles. The maximum absolute atomic E-state index is 13.6. The van der Waals surface area contributed by atoms with E-state index in [2.05, 4.69) is 23.3 Å². The summed E-state index contributed by atoms with van der Waals surface area (Å²) in [6.45, 7) is 7.05. The Morgan fingerprint density at radius 1 is 1.04 bits per heavy atom. The second kappa shape index (κ2) is 7.75. The maximum atomic E-state index is 13.6. The molecular weight excluding hydrogens is 337 g/mol. The normalized spacial score (nSPS) is 25.3. The van der Waals surface area contributed by atoms with E-state index in [1.807, 2.05) is 12.3 Å². The molecule has 0 atom stereocenters. The van der Waals surface area contributed by atoms with Crippen LogP contribution in [0.4, 0.5) is 4.39 Å². The lowest BCUT2D eigenvalue weighted by atomic mass is 9.79. The van der Waals surface area contributed by atoms with Crippen LogP contribution in [0.3, 0.4) is 0 Å². The van der Waals surface area contributed by atoms with E-state index in [0.717, 1.165) is 60.3 Å². The lowest BCUT2D eigenvalue weighted by molar-refractivity contribution is 0.0894. The molecular formula is C23H32FN3. The molecule has 0 radical (unpaired) electrons.